The number of nitrogen functional groups attached to an aromatic ring is 1. The quantitative estimate of drug-likeness (QED) is 0.846. The van der Waals surface area contributed by atoms with Crippen molar-refractivity contribution in [1.29, 1.82) is 0 Å². The number of carbonyl (C=O) groups is 1. The number of anilines is 1. The maximum Gasteiger partial charge on any atom is 0.263 e. The van der Waals surface area contributed by atoms with E-state index in [2.05, 4.69) is 16.9 Å². The second-order valence-corrected chi connectivity index (χ2v) is 5.47. The highest BCUT2D eigenvalue weighted by Crippen LogP contribution is 2.36. The predicted octanol–water partition coefficient (Wildman–Crippen LogP) is 2.72. The van der Waals surface area contributed by atoms with E-state index in [0.29, 0.717) is 17.1 Å². The highest BCUT2D eigenvalue weighted by atomic mass is 32.1. The summed E-state index contributed by atoms with van der Waals surface area (Å²) in [5, 5.41) is 3.64. The number of fused-ring (bicyclic) bond motifs is 1. The molecule has 2 heterocycles. The molecular weight excluding hydrogens is 258 g/mol. The summed E-state index contributed by atoms with van der Waals surface area (Å²) in [6.07, 6.45) is 1.64. The van der Waals surface area contributed by atoms with Gasteiger partial charge in [0.15, 0.2) is 0 Å². The Morgan fingerprint density at radius 1 is 1.42 bits per heavy atom. The van der Waals surface area contributed by atoms with E-state index in [9.17, 15) is 4.79 Å². The fourth-order valence-electron chi connectivity index (χ4n) is 1.98. The van der Waals surface area contributed by atoms with Crippen molar-refractivity contribution in [3.05, 3.63) is 34.4 Å². The largest absolute Gasteiger partial charge is 0.397 e. The third-order valence-electron chi connectivity index (χ3n) is 3.29. The van der Waals surface area contributed by atoms with Crippen molar-refractivity contribution in [3.63, 3.8) is 0 Å². The van der Waals surface area contributed by atoms with Gasteiger partial charge in [0.05, 0.1) is 5.69 Å². The van der Waals surface area contributed by atoms with Gasteiger partial charge in [-0.15, -0.1) is 17.9 Å². The predicted molar refractivity (Wildman–Crippen MR) is 80.8 cm³/mol. The minimum absolute atomic E-state index is 0.171. The lowest BCUT2D eigenvalue weighted by molar-refractivity contribution is 0.0963. The lowest BCUT2D eigenvalue weighted by atomic mass is 10.1. The molecule has 0 aliphatic carbocycles. The number of pyridine rings is 1. The molecule has 2 rings (SSSR count). The fourth-order valence-corrected chi connectivity index (χ4v) is 3.10. The van der Waals surface area contributed by atoms with E-state index in [-0.39, 0.29) is 5.91 Å². The average molecular weight is 275 g/mol. The topological polar surface area (TPSA) is 68.0 Å². The molecule has 0 fully saturated rings. The normalized spacial score (nSPS) is 10.7. The third kappa shape index (κ3) is 2.21. The number of thiophene rings is 1. The number of aromatic nitrogens is 1. The zero-order valence-electron chi connectivity index (χ0n) is 11.3. The average Bonchev–Trinajstić information content (AvgIpc) is 2.70. The molecule has 0 unspecified atom stereocenters. The number of rotatable bonds is 3. The van der Waals surface area contributed by atoms with Gasteiger partial charge in [-0.3, -0.25) is 4.79 Å². The van der Waals surface area contributed by atoms with Crippen LogP contribution in [-0.2, 0) is 0 Å². The van der Waals surface area contributed by atoms with Crippen LogP contribution in [0, 0.1) is 20.8 Å². The summed E-state index contributed by atoms with van der Waals surface area (Å²) in [6, 6.07) is 0. The maximum absolute atomic E-state index is 12.0. The Balaban J connectivity index is 2.60. The van der Waals surface area contributed by atoms with Gasteiger partial charge in [0.2, 0.25) is 0 Å². The van der Waals surface area contributed by atoms with Crippen molar-refractivity contribution >= 4 is 33.1 Å². The second-order valence-electron chi connectivity index (χ2n) is 4.47. The van der Waals surface area contributed by atoms with Crippen LogP contribution in [0.5, 0.6) is 0 Å². The van der Waals surface area contributed by atoms with Crippen molar-refractivity contribution in [2.45, 2.75) is 20.8 Å². The summed E-state index contributed by atoms with van der Waals surface area (Å²) < 4.78 is 0. The summed E-state index contributed by atoms with van der Waals surface area (Å²) in [6.45, 7) is 10.0. The van der Waals surface area contributed by atoms with E-state index in [1.54, 1.807) is 6.08 Å². The van der Waals surface area contributed by atoms with Crippen molar-refractivity contribution in [2.75, 3.05) is 12.3 Å². The number of carbonyl (C=O) groups excluding carboxylic acids is 1. The summed E-state index contributed by atoms with van der Waals surface area (Å²) in [4.78, 5) is 17.9. The number of amides is 1. The molecule has 4 nitrogen and oxygen atoms in total. The monoisotopic (exact) mass is 275 g/mol. The van der Waals surface area contributed by atoms with Gasteiger partial charge >= 0.3 is 0 Å². The molecule has 5 heteroatoms. The highest BCUT2D eigenvalue weighted by molar-refractivity contribution is 7.21. The zero-order chi connectivity index (χ0) is 14.2. The van der Waals surface area contributed by atoms with Gasteiger partial charge in [0.25, 0.3) is 5.91 Å². The van der Waals surface area contributed by atoms with Gasteiger partial charge in [-0.05, 0) is 31.9 Å². The van der Waals surface area contributed by atoms with Crippen LogP contribution < -0.4 is 11.1 Å². The molecule has 2 aromatic heterocycles. The molecule has 100 valence electrons. The molecule has 0 aliphatic heterocycles. The van der Waals surface area contributed by atoms with Crippen molar-refractivity contribution in [3.8, 4) is 0 Å². The van der Waals surface area contributed by atoms with Gasteiger partial charge in [-0.1, -0.05) is 6.08 Å². The van der Waals surface area contributed by atoms with Crippen molar-refractivity contribution < 1.29 is 4.79 Å². The molecule has 0 atom stereocenters. The molecule has 0 spiro atoms. The molecular formula is C14H17N3OS. The van der Waals surface area contributed by atoms with Crippen molar-refractivity contribution in [1.82, 2.24) is 10.3 Å². The van der Waals surface area contributed by atoms with Crippen LogP contribution in [0.25, 0.3) is 10.2 Å². The molecule has 3 N–H and O–H groups in total. The Morgan fingerprint density at radius 2 is 2.11 bits per heavy atom. The number of hydrogen-bond acceptors (Lipinski definition) is 4. The highest BCUT2D eigenvalue weighted by Gasteiger charge is 2.19. The fraction of sp³-hybridized carbons (Fsp3) is 0.286. The van der Waals surface area contributed by atoms with Crippen LogP contribution in [0.15, 0.2) is 12.7 Å². The molecule has 2 aromatic rings. The minimum atomic E-state index is -0.171. The lowest BCUT2D eigenvalue weighted by Crippen LogP contribution is -2.22. The Bertz CT molecular complexity index is 673. The van der Waals surface area contributed by atoms with E-state index >= 15 is 0 Å². The molecule has 1 amide bonds. The first-order valence-electron chi connectivity index (χ1n) is 6.02. The molecule has 0 aliphatic rings. The molecule has 0 bridgehead atoms. The van der Waals surface area contributed by atoms with Crippen LogP contribution in [0.3, 0.4) is 0 Å². The van der Waals surface area contributed by atoms with E-state index in [1.807, 2.05) is 20.8 Å². The van der Waals surface area contributed by atoms with Gasteiger partial charge in [0.1, 0.15) is 9.71 Å². The van der Waals surface area contributed by atoms with Gasteiger partial charge in [-0.25, -0.2) is 4.98 Å². The standard InChI is InChI=1S/C14H17N3OS/c1-5-6-16-13(18)12-11(15)10-8(3)7(2)9(4)17-14(10)19-12/h5H,1,6,15H2,2-4H3,(H,16,18). The van der Waals surface area contributed by atoms with Crippen LogP contribution in [0.2, 0.25) is 0 Å². The summed E-state index contributed by atoms with van der Waals surface area (Å²) in [7, 11) is 0. The molecule has 19 heavy (non-hydrogen) atoms. The Morgan fingerprint density at radius 3 is 2.74 bits per heavy atom. The molecule has 0 saturated carbocycles. The van der Waals surface area contributed by atoms with Gasteiger partial charge < -0.3 is 11.1 Å². The molecule has 0 saturated heterocycles. The zero-order valence-corrected chi connectivity index (χ0v) is 12.1. The van der Waals surface area contributed by atoms with Crippen LogP contribution in [-0.4, -0.2) is 17.4 Å². The first-order valence-corrected chi connectivity index (χ1v) is 6.83. The Hall–Kier alpha value is -1.88. The van der Waals surface area contributed by atoms with E-state index in [4.69, 9.17) is 5.73 Å². The van der Waals surface area contributed by atoms with Crippen LogP contribution in [0.1, 0.15) is 26.5 Å². The van der Waals surface area contributed by atoms with Crippen LogP contribution >= 0.6 is 11.3 Å². The van der Waals surface area contributed by atoms with E-state index in [1.165, 1.54) is 11.3 Å². The van der Waals surface area contributed by atoms with Gasteiger partial charge in [-0.2, -0.15) is 0 Å². The molecule has 0 radical (unpaired) electrons. The summed E-state index contributed by atoms with van der Waals surface area (Å²) >= 11 is 1.34. The number of hydrogen-bond donors (Lipinski definition) is 2. The Labute approximate surface area is 116 Å². The molecule has 0 aromatic carbocycles. The number of nitrogens with one attached hydrogen (secondary N) is 1. The minimum Gasteiger partial charge on any atom is -0.397 e. The summed E-state index contributed by atoms with van der Waals surface area (Å²) in [5.74, 6) is -0.171. The van der Waals surface area contributed by atoms with Gasteiger partial charge in [0, 0.05) is 17.6 Å². The SMILES string of the molecule is C=CCNC(=O)c1sc2nc(C)c(C)c(C)c2c1N. The number of nitrogens with zero attached hydrogens (tertiary/aromatic N) is 1. The smallest absolute Gasteiger partial charge is 0.263 e. The third-order valence-corrected chi connectivity index (χ3v) is 4.39. The first kappa shape index (κ1) is 13.5. The first-order chi connectivity index (χ1) is 8.97. The van der Waals surface area contributed by atoms with E-state index < -0.39 is 0 Å². The summed E-state index contributed by atoms with van der Waals surface area (Å²) in [5.41, 5.74) is 9.83. The number of aryl methyl sites for hydroxylation is 2. The second kappa shape index (κ2) is 5.01. The Kier molecular flexibility index (Phi) is 3.57. The number of nitrogens with two attached hydrogens (primary N) is 1. The van der Waals surface area contributed by atoms with Crippen LogP contribution in [0.4, 0.5) is 5.69 Å². The lowest BCUT2D eigenvalue weighted by Gasteiger charge is -2.05. The van der Waals surface area contributed by atoms with E-state index in [0.717, 1.165) is 27.0 Å². The van der Waals surface area contributed by atoms with Crippen molar-refractivity contribution in [2.24, 2.45) is 0 Å². The maximum atomic E-state index is 12.0.